The summed E-state index contributed by atoms with van der Waals surface area (Å²) in [6.07, 6.45) is 2.67. The van der Waals surface area contributed by atoms with Crippen LogP contribution in [-0.4, -0.2) is 38.8 Å². The molecule has 2 aromatic rings. The Hall–Kier alpha value is -1.93. The maximum Gasteiger partial charge on any atom is 0.230 e. The lowest BCUT2D eigenvalue weighted by Crippen LogP contribution is -2.22. The third-order valence-corrected chi connectivity index (χ3v) is 5.54. The minimum Gasteiger partial charge on any atom is -0.302 e. The number of carbonyl (C=O) groups excluding carboxylic acids is 1. The quantitative estimate of drug-likeness (QED) is 0.884. The van der Waals surface area contributed by atoms with Crippen molar-refractivity contribution < 1.29 is 9.18 Å². The number of thiazole rings is 1. The molecule has 6 nitrogen and oxygen atoms in total. The van der Waals surface area contributed by atoms with E-state index in [4.69, 9.17) is 0 Å². The highest BCUT2D eigenvalue weighted by Gasteiger charge is 2.29. The summed E-state index contributed by atoms with van der Waals surface area (Å²) in [6.45, 7) is 7.90. The number of hydrogen-bond donors (Lipinski definition) is 1. The van der Waals surface area contributed by atoms with E-state index in [0.29, 0.717) is 28.4 Å². The van der Waals surface area contributed by atoms with E-state index in [1.54, 1.807) is 6.33 Å². The summed E-state index contributed by atoms with van der Waals surface area (Å²) < 4.78 is 14.0. The van der Waals surface area contributed by atoms with Crippen LogP contribution < -0.4 is 5.32 Å². The Kier molecular flexibility index (Phi) is 5.39. The van der Waals surface area contributed by atoms with Gasteiger partial charge in [0.25, 0.3) is 0 Å². The summed E-state index contributed by atoms with van der Waals surface area (Å²) in [6, 6.07) is 2.04. The monoisotopic (exact) mass is 363 g/mol. The summed E-state index contributed by atoms with van der Waals surface area (Å²) in [5, 5.41) is 2.86. The smallest absolute Gasteiger partial charge is 0.230 e. The van der Waals surface area contributed by atoms with Gasteiger partial charge in [-0.2, -0.15) is 9.37 Å². The van der Waals surface area contributed by atoms with Gasteiger partial charge in [-0.25, -0.2) is 9.97 Å². The zero-order valence-corrected chi connectivity index (χ0v) is 15.4. The molecule has 0 aliphatic carbocycles. The van der Waals surface area contributed by atoms with Crippen LogP contribution in [0.1, 0.15) is 42.5 Å². The highest BCUT2D eigenvalue weighted by Crippen LogP contribution is 2.32. The van der Waals surface area contributed by atoms with Crippen molar-refractivity contribution in [1.29, 1.82) is 0 Å². The van der Waals surface area contributed by atoms with Gasteiger partial charge in [-0.15, -0.1) is 0 Å². The van der Waals surface area contributed by atoms with Gasteiger partial charge in [0.05, 0.1) is 4.88 Å². The Labute approximate surface area is 150 Å². The van der Waals surface area contributed by atoms with Gasteiger partial charge in [0.15, 0.2) is 5.13 Å². The number of hydrogen-bond acceptors (Lipinski definition) is 6. The predicted octanol–water partition coefficient (Wildman–Crippen LogP) is 2.96. The number of aromatic nitrogens is 3. The van der Waals surface area contributed by atoms with Gasteiger partial charge in [-0.1, -0.05) is 18.3 Å². The van der Waals surface area contributed by atoms with E-state index in [2.05, 4.69) is 32.1 Å². The second-order valence-corrected chi connectivity index (χ2v) is 7.65. The van der Waals surface area contributed by atoms with Crippen molar-refractivity contribution in [2.75, 3.05) is 18.4 Å². The SMILES string of the molecule is CC(=O)Nc1nc(F)c(CN2CCC(C(C)c3cc(C)ncn3)C2)s1. The van der Waals surface area contributed by atoms with Crippen molar-refractivity contribution in [1.82, 2.24) is 19.9 Å². The van der Waals surface area contributed by atoms with Crippen LogP contribution in [0, 0.1) is 18.8 Å². The molecule has 1 amide bonds. The standard InChI is InChI=1S/C17H22FN5OS/c1-10-6-14(20-9-19-10)11(2)13-4-5-23(7-13)8-15-16(18)22-17(25-15)21-12(3)24/h6,9,11,13H,4-5,7-8H2,1-3H3,(H,21,22,24). The number of aryl methyl sites for hydroxylation is 1. The van der Waals surface area contributed by atoms with Crippen LogP contribution in [0.15, 0.2) is 12.4 Å². The number of halogens is 1. The molecule has 0 radical (unpaired) electrons. The minimum absolute atomic E-state index is 0.240. The summed E-state index contributed by atoms with van der Waals surface area (Å²) in [4.78, 5) is 26.2. The fourth-order valence-corrected chi connectivity index (χ4v) is 4.15. The third-order valence-electron chi connectivity index (χ3n) is 4.61. The van der Waals surface area contributed by atoms with Gasteiger partial charge in [0, 0.05) is 37.3 Å². The van der Waals surface area contributed by atoms with Crippen LogP contribution in [-0.2, 0) is 11.3 Å². The Morgan fingerprint density at radius 3 is 3.04 bits per heavy atom. The molecule has 1 saturated heterocycles. The molecule has 1 aliphatic rings. The fraction of sp³-hybridized carbons (Fsp3) is 0.529. The van der Waals surface area contributed by atoms with Crippen molar-refractivity contribution in [3.8, 4) is 0 Å². The van der Waals surface area contributed by atoms with E-state index in [1.807, 2.05) is 13.0 Å². The Balaban J connectivity index is 1.61. The third kappa shape index (κ3) is 4.38. The molecule has 134 valence electrons. The average Bonchev–Trinajstić information content (AvgIpc) is 3.14. The molecular weight excluding hydrogens is 341 g/mol. The van der Waals surface area contributed by atoms with E-state index >= 15 is 0 Å². The number of anilines is 1. The second-order valence-electron chi connectivity index (χ2n) is 6.57. The lowest BCUT2D eigenvalue weighted by molar-refractivity contribution is -0.114. The van der Waals surface area contributed by atoms with Gasteiger partial charge >= 0.3 is 0 Å². The largest absolute Gasteiger partial charge is 0.302 e. The number of nitrogens with zero attached hydrogens (tertiary/aromatic N) is 4. The van der Waals surface area contributed by atoms with E-state index in [0.717, 1.165) is 30.9 Å². The van der Waals surface area contributed by atoms with Crippen molar-refractivity contribution in [3.05, 3.63) is 34.6 Å². The fourth-order valence-electron chi connectivity index (χ4n) is 3.22. The van der Waals surface area contributed by atoms with Crippen molar-refractivity contribution in [2.45, 2.75) is 39.7 Å². The molecule has 2 unspecified atom stereocenters. The zero-order valence-electron chi connectivity index (χ0n) is 14.6. The number of amides is 1. The molecule has 2 aromatic heterocycles. The Bertz CT molecular complexity index is 765. The first-order valence-corrected chi connectivity index (χ1v) is 9.17. The summed E-state index contributed by atoms with van der Waals surface area (Å²) >= 11 is 1.20. The number of likely N-dealkylation sites (tertiary alicyclic amines) is 1. The minimum atomic E-state index is -0.489. The molecule has 3 rings (SSSR count). The molecule has 2 atom stereocenters. The summed E-state index contributed by atoms with van der Waals surface area (Å²) in [5.74, 6) is 0.0974. The molecule has 0 saturated carbocycles. The highest BCUT2D eigenvalue weighted by atomic mass is 32.1. The first-order valence-electron chi connectivity index (χ1n) is 8.36. The van der Waals surface area contributed by atoms with E-state index in [-0.39, 0.29) is 5.91 Å². The molecule has 25 heavy (non-hydrogen) atoms. The maximum atomic E-state index is 14.0. The van der Waals surface area contributed by atoms with Crippen LogP contribution in [0.2, 0.25) is 0 Å². The first kappa shape index (κ1) is 17.9. The molecule has 0 spiro atoms. The normalized spacial score (nSPS) is 19.1. The molecule has 1 aliphatic heterocycles. The topological polar surface area (TPSA) is 71.0 Å². The van der Waals surface area contributed by atoms with Crippen molar-refractivity contribution in [2.24, 2.45) is 5.92 Å². The number of rotatable bonds is 5. The molecule has 0 bridgehead atoms. The molecular formula is C17H22FN5OS. The first-order chi connectivity index (χ1) is 11.9. The molecule has 8 heteroatoms. The van der Waals surface area contributed by atoms with Gasteiger partial charge in [-0.05, 0) is 31.9 Å². The lowest BCUT2D eigenvalue weighted by Gasteiger charge is -2.20. The average molecular weight is 363 g/mol. The van der Waals surface area contributed by atoms with E-state index in [1.165, 1.54) is 18.3 Å². The van der Waals surface area contributed by atoms with E-state index in [9.17, 15) is 9.18 Å². The van der Waals surface area contributed by atoms with Crippen LogP contribution in [0.25, 0.3) is 0 Å². The van der Waals surface area contributed by atoms with Gasteiger partial charge in [-0.3, -0.25) is 9.69 Å². The van der Waals surface area contributed by atoms with Crippen LogP contribution in [0.5, 0.6) is 0 Å². The maximum absolute atomic E-state index is 14.0. The molecule has 0 aromatic carbocycles. The van der Waals surface area contributed by atoms with E-state index < -0.39 is 5.95 Å². The molecule has 3 heterocycles. The van der Waals surface area contributed by atoms with Gasteiger partial charge < -0.3 is 5.32 Å². The number of carbonyl (C=O) groups is 1. The summed E-state index contributed by atoms with van der Waals surface area (Å²) in [7, 11) is 0. The molecule has 1 N–H and O–H groups in total. The Morgan fingerprint density at radius 1 is 1.52 bits per heavy atom. The van der Waals surface area contributed by atoms with Crippen LogP contribution in [0.4, 0.5) is 9.52 Å². The second kappa shape index (κ2) is 7.53. The predicted molar refractivity (Wildman–Crippen MR) is 94.9 cm³/mol. The Morgan fingerprint density at radius 2 is 2.32 bits per heavy atom. The van der Waals surface area contributed by atoms with Crippen LogP contribution in [0.3, 0.4) is 0 Å². The number of nitrogens with one attached hydrogen (secondary N) is 1. The lowest BCUT2D eigenvalue weighted by atomic mass is 9.90. The van der Waals surface area contributed by atoms with Crippen molar-refractivity contribution >= 4 is 22.4 Å². The highest BCUT2D eigenvalue weighted by molar-refractivity contribution is 7.15. The van der Waals surface area contributed by atoms with Gasteiger partial charge in [0.2, 0.25) is 11.9 Å². The van der Waals surface area contributed by atoms with Crippen molar-refractivity contribution in [3.63, 3.8) is 0 Å². The van der Waals surface area contributed by atoms with Gasteiger partial charge in [0.1, 0.15) is 6.33 Å². The molecule has 1 fully saturated rings. The summed E-state index contributed by atoms with van der Waals surface area (Å²) in [5.41, 5.74) is 2.04. The zero-order chi connectivity index (χ0) is 18.0. The van der Waals surface area contributed by atoms with Crippen LogP contribution >= 0.6 is 11.3 Å².